The molecule has 0 unspecified atom stereocenters. The van der Waals surface area contributed by atoms with E-state index >= 15 is 0 Å². The van der Waals surface area contributed by atoms with Crippen LogP contribution in [0, 0.1) is 0 Å². The van der Waals surface area contributed by atoms with Crippen LogP contribution in [0.25, 0.3) is 0 Å². The van der Waals surface area contributed by atoms with Crippen molar-refractivity contribution < 1.29 is 23.1 Å². The largest absolute Gasteiger partial charge is 0.390 e. The number of hydrogen-bond donors (Lipinski definition) is 4. The van der Waals surface area contributed by atoms with Gasteiger partial charge in [-0.2, -0.15) is 0 Å². The lowest BCUT2D eigenvalue weighted by molar-refractivity contribution is -0.123. The van der Waals surface area contributed by atoms with Crippen molar-refractivity contribution in [3.8, 4) is 0 Å². The van der Waals surface area contributed by atoms with Crippen LogP contribution in [0.2, 0.25) is 0 Å². The van der Waals surface area contributed by atoms with Crippen molar-refractivity contribution in [2.75, 3.05) is 12.8 Å². The minimum absolute atomic E-state index is 0.0507. The first kappa shape index (κ1) is 27.8. The molecule has 2 aromatic carbocycles. The van der Waals surface area contributed by atoms with E-state index in [1.165, 1.54) is 30.7 Å². The lowest BCUT2D eigenvalue weighted by Gasteiger charge is -2.27. The molecule has 0 saturated heterocycles. The average Bonchev–Trinajstić information content (AvgIpc) is 2.87. The molecule has 0 aliphatic heterocycles. The minimum Gasteiger partial charge on any atom is -0.390 e. The molecular weight excluding hydrogens is 478 g/mol. The van der Waals surface area contributed by atoms with Crippen LogP contribution in [0.4, 0.5) is 0 Å². The van der Waals surface area contributed by atoms with E-state index in [-0.39, 0.29) is 29.0 Å². The normalized spacial score (nSPS) is 17.1. The summed E-state index contributed by atoms with van der Waals surface area (Å²) >= 11 is 0. The zero-order valence-corrected chi connectivity index (χ0v) is 21.8. The molecule has 0 heterocycles. The Morgan fingerprint density at radius 3 is 2.39 bits per heavy atom. The Bertz CT molecular complexity index is 1120. The number of benzene rings is 2. The summed E-state index contributed by atoms with van der Waals surface area (Å²) in [7, 11) is -3.47. The summed E-state index contributed by atoms with van der Waals surface area (Å²) in [5.41, 5.74) is 1.12. The maximum Gasteiger partial charge on any atom is 0.251 e. The molecule has 1 aliphatic rings. The Hall–Kier alpha value is -2.75. The molecule has 9 heteroatoms. The quantitative estimate of drug-likeness (QED) is 0.364. The van der Waals surface area contributed by atoms with Crippen LogP contribution in [-0.4, -0.2) is 62.4 Å². The predicted octanol–water partition coefficient (Wildman–Crippen LogP) is 2.22. The lowest BCUT2D eigenvalue weighted by Crippen LogP contribution is -2.53. The highest BCUT2D eigenvalue weighted by Crippen LogP contribution is 2.17. The molecule has 0 radical (unpaired) electrons. The number of aliphatic hydroxyl groups is 1. The molecule has 1 saturated carbocycles. The number of hydrogen-bond acceptors (Lipinski definition) is 6. The standard InChI is InChI=1S/C27H37N3O5S/c1-19(26(32)29-22-13-7-4-8-14-22)28-18-25(31)24(16-20-10-5-3-6-11-20)30-27(33)21-12-9-15-23(17-21)36(2,34)35/h3,5-6,9-12,15,17,19,22,24-25,28,31H,4,7-8,13-14,16,18H2,1-2H3,(H,29,32)(H,30,33)/t19-,24-,25-/m0/s1. The number of aliphatic hydroxyl groups excluding tert-OH is 1. The highest BCUT2D eigenvalue weighted by Gasteiger charge is 2.25. The second-order valence-corrected chi connectivity index (χ2v) is 11.6. The van der Waals surface area contributed by atoms with Crippen molar-refractivity contribution in [2.24, 2.45) is 0 Å². The van der Waals surface area contributed by atoms with E-state index in [1.54, 1.807) is 6.92 Å². The second-order valence-electron chi connectivity index (χ2n) is 9.61. The molecule has 0 aromatic heterocycles. The van der Waals surface area contributed by atoms with Crippen molar-refractivity contribution >= 4 is 21.7 Å². The van der Waals surface area contributed by atoms with Gasteiger partial charge in [0.25, 0.3) is 5.91 Å². The maximum atomic E-state index is 13.0. The fraction of sp³-hybridized carbons (Fsp3) is 0.481. The highest BCUT2D eigenvalue weighted by atomic mass is 32.2. The molecule has 0 spiro atoms. The Labute approximate surface area is 213 Å². The van der Waals surface area contributed by atoms with Crippen LogP contribution in [-0.2, 0) is 21.1 Å². The topological polar surface area (TPSA) is 125 Å². The monoisotopic (exact) mass is 515 g/mol. The van der Waals surface area contributed by atoms with Crippen LogP contribution in [0.3, 0.4) is 0 Å². The Morgan fingerprint density at radius 2 is 1.72 bits per heavy atom. The molecule has 196 valence electrons. The highest BCUT2D eigenvalue weighted by molar-refractivity contribution is 7.90. The molecule has 3 atom stereocenters. The molecule has 0 bridgehead atoms. The summed E-state index contributed by atoms with van der Waals surface area (Å²) < 4.78 is 23.8. The summed E-state index contributed by atoms with van der Waals surface area (Å²) in [6.45, 7) is 1.85. The SMILES string of the molecule is C[C@H](NC[C@H](O)[C@H](Cc1ccccc1)NC(=O)c1cccc(S(C)(=O)=O)c1)C(=O)NC1CCCCC1. The van der Waals surface area contributed by atoms with Crippen molar-refractivity contribution in [2.45, 2.75) is 74.6 Å². The third kappa shape index (κ3) is 8.43. The zero-order valence-electron chi connectivity index (χ0n) is 20.9. The van der Waals surface area contributed by atoms with Gasteiger partial charge in [0.15, 0.2) is 9.84 Å². The van der Waals surface area contributed by atoms with Crippen LogP contribution in [0.1, 0.15) is 54.9 Å². The molecule has 1 fully saturated rings. The number of carbonyl (C=O) groups excluding carboxylic acids is 2. The lowest BCUT2D eigenvalue weighted by atomic mass is 9.95. The van der Waals surface area contributed by atoms with Gasteiger partial charge in [-0.3, -0.25) is 9.59 Å². The van der Waals surface area contributed by atoms with E-state index in [4.69, 9.17) is 0 Å². The molecule has 3 rings (SSSR count). The third-order valence-corrected chi connectivity index (χ3v) is 7.69. The van der Waals surface area contributed by atoms with Crippen molar-refractivity contribution in [1.82, 2.24) is 16.0 Å². The number of carbonyl (C=O) groups is 2. The number of sulfone groups is 1. The van der Waals surface area contributed by atoms with Gasteiger partial charge in [0, 0.05) is 24.4 Å². The first-order valence-corrected chi connectivity index (χ1v) is 14.4. The van der Waals surface area contributed by atoms with E-state index in [2.05, 4.69) is 16.0 Å². The van der Waals surface area contributed by atoms with Gasteiger partial charge in [0.1, 0.15) is 0 Å². The zero-order chi connectivity index (χ0) is 26.1. The summed E-state index contributed by atoms with van der Waals surface area (Å²) in [5, 5.41) is 20.0. The number of rotatable bonds is 11. The fourth-order valence-corrected chi connectivity index (χ4v) is 5.04. The Kier molecular flexibility index (Phi) is 10.0. The van der Waals surface area contributed by atoms with Gasteiger partial charge in [-0.15, -0.1) is 0 Å². The minimum atomic E-state index is -3.47. The fourth-order valence-electron chi connectivity index (χ4n) is 4.38. The summed E-state index contributed by atoms with van der Waals surface area (Å²) in [6.07, 6.45) is 5.91. The van der Waals surface area contributed by atoms with E-state index in [0.29, 0.717) is 6.42 Å². The van der Waals surface area contributed by atoms with Crippen LogP contribution < -0.4 is 16.0 Å². The molecule has 36 heavy (non-hydrogen) atoms. The van der Waals surface area contributed by atoms with Gasteiger partial charge in [0.05, 0.1) is 23.1 Å². The van der Waals surface area contributed by atoms with Gasteiger partial charge >= 0.3 is 0 Å². The number of nitrogens with one attached hydrogen (secondary N) is 3. The van der Waals surface area contributed by atoms with E-state index < -0.39 is 33.9 Å². The van der Waals surface area contributed by atoms with E-state index in [9.17, 15) is 23.1 Å². The second kappa shape index (κ2) is 13.0. The van der Waals surface area contributed by atoms with Crippen molar-refractivity contribution in [3.63, 3.8) is 0 Å². The maximum absolute atomic E-state index is 13.0. The van der Waals surface area contributed by atoms with E-state index in [1.807, 2.05) is 30.3 Å². The van der Waals surface area contributed by atoms with Gasteiger partial charge in [0.2, 0.25) is 5.91 Å². The van der Waals surface area contributed by atoms with Gasteiger partial charge in [-0.05, 0) is 49.9 Å². The predicted molar refractivity (Wildman–Crippen MR) is 139 cm³/mol. The molecule has 4 N–H and O–H groups in total. The molecule has 8 nitrogen and oxygen atoms in total. The van der Waals surface area contributed by atoms with Crippen LogP contribution in [0.5, 0.6) is 0 Å². The van der Waals surface area contributed by atoms with Gasteiger partial charge in [-0.25, -0.2) is 8.42 Å². The molecule has 2 aromatic rings. The third-order valence-electron chi connectivity index (χ3n) is 6.58. The first-order chi connectivity index (χ1) is 17.1. The summed E-state index contributed by atoms with van der Waals surface area (Å²) in [5.74, 6) is -0.584. The van der Waals surface area contributed by atoms with Crippen LogP contribution in [0.15, 0.2) is 59.5 Å². The van der Waals surface area contributed by atoms with Crippen molar-refractivity contribution in [1.29, 1.82) is 0 Å². The molecule has 2 amide bonds. The Morgan fingerprint density at radius 1 is 1.03 bits per heavy atom. The van der Waals surface area contributed by atoms with Gasteiger partial charge in [-0.1, -0.05) is 55.7 Å². The average molecular weight is 516 g/mol. The first-order valence-electron chi connectivity index (χ1n) is 12.5. The summed E-state index contributed by atoms with van der Waals surface area (Å²) in [6, 6.07) is 14.3. The summed E-state index contributed by atoms with van der Waals surface area (Å²) in [4.78, 5) is 25.6. The van der Waals surface area contributed by atoms with E-state index in [0.717, 1.165) is 37.5 Å². The smallest absolute Gasteiger partial charge is 0.251 e. The van der Waals surface area contributed by atoms with Crippen LogP contribution >= 0.6 is 0 Å². The molecular formula is C27H37N3O5S. The Balaban J connectivity index is 1.65. The molecule has 1 aliphatic carbocycles. The van der Waals surface area contributed by atoms with Crippen molar-refractivity contribution in [3.05, 3.63) is 65.7 Å². The van der Waals surface area contributed by atoms with Gasteiger partial charge < -0.3 is 21.1 Å². The number of amides is 2.